The van der Waals surface area contributed by atoms with Crippen molar-refractivity contribution in [3.05, 3.63) is 17.2 Å². The van der Waals surface area contributed by atoms with Crippen LogP contribution in [-0.4, -0.2) is 16.1 Å². The number of rotatable bonds is 5. The maximum atomic E-state index is 4.72. The zero-order valence-corrected chi connectivity index (χ0v) is 12.3. The van der Waals surface area contributed by atoms with Crippen LogP contribution < -0.4 is 5.32 Å². The summed E-state index contributed by atoms with van der Waals surface area (Å²) in [4.78, 5) is 4.72. The minimum absolute atomic E-state index is 0.595. The maximum Gasteiger partial charge on any atom is 0.106 e. The molecular formula is C15H27N3. The molecule has 0 saturated carbocycles. The molecule has 1 aliphatic heterocycles. The van der Waals surface area contributed by atoms with Crippen molar-refractivity contribution in [3.63, 3.8) is 0 Å². The third-order valence-electron chi connectivity index (χ3n) is 3.94. The number of imidazole rings is 1. The van der Waals surface area contributed by atoms with Crippen LogP contribution in [-0.2, 0) is 13.0 Å². The van der Waals surface area contributed by atoms with Crippen molar-refractivity contribution in [1.29, 1.82) is 0 Å². The van der Waals surface area contributed by atoms with E-state index in [9.17, 15) is 0 Å². The lowest BCUT2D eigenvalue weighted by atomic mass is 10.0. The fraction of sp³-hybridized carbons (Fsp3) is 0.800. The van der Waals surface area contributed by atoms with Crippen molar-refractivity contribution >= 4 is 0 Å². The van der Waals surface area contributed by atoms with E-state index in [4.69, 9.17) is 4.98 Å². The SMILES string of the molecule is Cc1nc2c(n1C(C)CCCC(C)C)CCNC2. The van der Waals surface area contributed by atoms with Gasteiger partial charge in [-0.2, -0.15) is 0 Å². The van der Waals surface area contributed by atoms with Gasteiger partial charge in [-0.05, 0) is 26.2 Å². The molecule has 2 rings (SSSR count). The number of aryl methyl sites for hydroxylation is 1. The monoisotopic (exact) mass is 249 g/mol. The van der Waals surface area contributed by atoms with Crippen LogP contribution in [0.25, 0.3) is 0 Å². The summed E-state index contributed by atoms with van der Waals surface area (Å²) in [5, 5.41) is 3.40. The van der Waals surface area contributed by atoms with Crippen LogP contribution >= 0.6 is 0 Å². The van der Waals surface area contributed by atoms with E-state index in [1.54, 1.807) is 0 Å². The summed E-state index contributed by atoms with van der Waals surface area (Å²) in [6.07, 6.45) is 5.06. The number of fused-ring (bicyclic) bond motifs is 1. The van der Waals surface area contributed by atoms with Crippen molar-refractivity contribution in [2.45, 2.75) is 66.0 Å². The van der Waals surface area contributed by atoms with E-state index in [-0.39, 0.29) is 0 Å². The van der Waals surface area contributed by atoms with Gasteiger partial charge in [-0.1, -0.05) is 26.7 Å². The van der Waals surface area contributed by atoms with Gasteiger partial charge in [0.15, 0.2) is 0 Å². The summed E-state index contributed by atoms with van der Waals surface area (Å²) in [6.45, 7) is 11.1. The number of nitrogens with one attached hydrogen (secondary N) is 1. The van der Waals surface area contributed by atoms with E-state index in [2.05, 4.69) is 37.6 Å². The second-order valence-electron chi connectivity index (χ2n) is 6.02. The Morgan fingerprint density at radius 1 is 1.28 bits per heavy atom. The molecule has 2 heterocycles. The van der Waals surface area contributed by atoms with Gasteiger partial charge in [0.2, 0.25) is 0 Å². The fourth-order valence-corrected chi connectivity index (χ4v) is 3.00. The van der Waals surface area contributed by atoms with Crippen molar-refractivity contribution in [2.75, 3.05) is 6.54 Å². The van der Waals surface area contributed by atoms with Gasteiger partial charge in [-0.25, -0.2) is 4.98 Å². The predicted molar refractivity (Wildman–Crippen MR) is 75.8 cm³/mol. The normalized spacial score (nSPS) is 16.9. The summed E-state index contributed by atoms with van der Waals surface area (Å²) in [5.74, 6) is 2.01. The Labute approximate surface area is 111 Å². The lowest BCUT2D eigenvalue weighted by molar-refractivity contribution is 0.428. The Morgan fingerprint density at radius 3 is 2.78 bits per heavy atom. The van der Waals surface area contributed by atoms with E-state index in [0.29, 0.717) is 6.04 Å². The molecule has 0 aromatic carbocycles. The van der Waals surface area contributed by atoms with Crippen LogP contribution in [0.5, 0.6) is 0 Å². The Kier molecular flexibility index (Phi) is 4.44. The molecule has 1 aliphatic rings. The second-order valence-corrected chi connectivity index (χ2v) is 6.02. The van der Waals surface area contributed by atoms with Crippen molar-refractivity contribution in [2.24, 2.45) is 5.92 Å². The zero-order chi connectivity index (χ0) is 13.1. The lowest BCUT2D eigenvalue weighted by Gasteiger charge is -2.21. The molecule has 0 bridgehead atoms. The molecule has 1 aromatic heterocycles. The molecule has 0 saturated heterocycles. The number of hydrogen-bond acceptors (Lipinski definition) is 2. The van der Waals surface area contributed by atoms with Crippen LogP contribution in [0.3, 0.4) is 0 Å². The Hall–Kier alpha value is -0.830. The molecule has 0 aliphatic carbocycles. The summed E-state index contributed by atoms with van der Waals surface area (Å²) in [7, 11) is 0. The van der Waals surface area contributed by atoms with Crippen molar-refractivity contribution in [3.8, 4) is 0 Å². The molecule has 3 nitrogen and oxygen atoms in total. The van der Waals surface area contributed by atoms with Gasteiger partial charge >= 0.3 is 0 Å². The zero-order valence-electron chi connectivity index (χ0n) is 12.3. The summed E-state index contributed by atoms with van der Waals surface area (Å²) < 4.78 is 2.48. The first kappa shape index (κ1) is 13.6. The van der Waals surface area contributed by atoms with Gasteiger partial charge in [-0.15, -0.1) is 0 Å². The molecular weight excluding hydrogens is 222 g/mol. The Morgan fingerprint density at radius 2 is 2.06 bits per heavy atom. The predicted octanol–water partition coefficient (Wildman–Crippen LogP) is 3.22. The molecule has 0 spiro atoms. The average molecular weight is 249 g/mol. The molecule has 102 valence electrons. The topological polar surface area (TPSA) is 29.9 Å². The van der Waals surface area contributed by atoms with Gasteiger partial charge in [-0.3, -0.25) is 0 Å². The van der Waals surface area contributed by atoms with Crippen LogP contribution in [0, 0.1) is 12.8 Å². The van der Waals surface area contributed by atoms with E-state index >= 15 is 0 Å². The third-order valence-corrected chi connectivity index (χ3v) is 3.94. The molecule has 1 atom stereocenters. The number of aromatic nitrogens is 2. The summed E-state index contributed by atoms with van der Waals surface area (Å²) in [5.41, 5.74) is 2.75. The highest BCUT2D eigenvalue weighted by Gasteiger charge is 2.20. The lowest BCUT2D eigenvalue weighted by Crippen LogP contribution is -2.25. The highest BCUT2D eigenvalue weighted by molar-refractivity contribution is 5.20. The van der Waals surface area contributed by atoms with Gasteiger partial charge in [0.25, 0.3) is 0 Å². The quantitative estimate of drug-likeness (QED) is 0.868. The van der Waals surface area contributed by atoms with E-state index in [0.717, 1.165) is 25.4 Å². The van der Waals surface area contributed by atoms with Crippen LogP contribution in [0.1, 0.15) is 63.3 Å². The fourth-order valence-electron chi connectivity index (χ4n) is 3.00. The first-order chi connectivity index (χ1) is 8.59. The maximum absolute atomic E-state index is 4.72. The van der Waals surface area contributed by atoms with E-state index < -0.39 is 0 Å². The van der Waals surface area contributed by atoms with Crippen molar-refractivity contribution in [1.82, 2.24) is 14.9 Å². The molecule has 3 heteroatoms. The molecule has 0 amide bonds. The van der Waals surface area contributed by atoms with E-state index in [1.165, 1.54) is 36.5 Å². The average Bonchev–Trinajstić information content (AvgIpc) is 2.64. The highest BCUT2D eigenvalue weighted by atomic mass is 15.1. The molecule has 1 aromatic rings. The van der Waals surface area contributed by atoms with Crippen LogP contribution in [0.2, 0.25) is 0 Å². The summed E-state index contributed by atoms with van der Waals surface area (Å²) >= 11 is 0. The van der Waals surface area contributed by atoms with Crippen LogP contribution in [0.15, 0.2) is 0 Å². The molecule has 1 unspecified atom stereocenters. The van der Waals surface area contributed by atoms with Gasteiger partial charge in [0.05, 0.1) is 5.69 Å². The standard InChI is InChI=1S/C15H27N3/c1-11(2)6-5-7-12(3)18-13(4)17-14-10-16-9-8-15(14)18/h11-12,16H,5-10H2,1-4H3. The Bertz CT molecular complexity index is 393. The minimum atomic E-state index is 0.595. The number of hydrogen-bond donors (Lipinski definition) is 1. The minimum Gasteiger partial charge on any atom is -0.329 e. The molecule has 18 heavy (non-hydrogen) atoms. The van der Waals surface area contributed by atoms with Gasteiger partial charge in [0.1, 0.15) is 5.82 Å². The molecule has 0 radical (unpaired) electrons. The largest absolute Gasteiger partial charge is 0.329 e. The van der Waals surface area contributed by atoms with Gasteiger partial charge < -0.3 is 9.88 Å². The summed E-state index contributed by atoms with van der Waals surface area (Å²) in [6, 6.07) is 0.595. The second kappa shape index (κ2) is 5.87. The smallest absolute Gasteiger partial charge is 0.106 e. The third kappa shape index (κ3) is 2.94. The molecule has 1 N–H and O–H groups in total. The highest BCUT2D eigenvalue weighted by Crippen LogP contribution is 2.24. The van der Waals surface area contributed by atoms with E-state index in [1.807, 2.05) is 0 Å². The Balaban J connectivity index is 2.05. The first-order valence-corrected chi connectivity index (χ1v) is 7.37. The molecule has 0 fully saturated rings. The van der Waals surface area contributed by atoms with Crippen LogP contribution in [0.4, 0.5) is 0 Å². The van der Waals surface area contributed by atoms with Crippen molar-refractivity contribution < 1.29 is 0 Å². The first-order valence-electron chi connectivity index (χ1n) is 7.37. The number of nitrogens with zero attached hydrogens (tertiary/aromatic N) is 2. The van der Waals surface area contributed by atoms with Gasteiger partial charge in [0, 0.05) is 31.2 Å².